The zero-order valence-corrected chi connectivity index (χ0v) is 14.4. The average Bonchev–Trinajstić information content (AvgIpc) is 3.31. The molecule has 25 heavy (non-hydrogen) atoms. The molecule has 2 N–H and O–H groups in total. The molecule has 3 nitrogen and oxygen atoms in total. The Morgan fingerprint density at radius 3 is 2.68 bits per heavy atom. The van der Waals surface area contributed by atoms with Crippen LogP contribution in [-0.2, 0) is 6.54 Å². The molecule has 1 saturated heterocycles. The Morgan fingerprint density at radius 1 is 1.00 bits per heavy atom. The zero-order chi connectivity index (χ0) is 17.1. The van der Waals surface area contributed by atoms with Crippen LogP contribution in [0.1, 0.15) is 18.4 Å². The van der Waals surface area contributed by atoms with Crippen molar-refractivity contribution in [2.24, 2.45) is 0 Å². The first-order valence-corrected chi connectivity index (χ1v) is 9.09. The van der Waals surface area contributed by atoms with Crippen molar-refractivity contribution in [3.05, 3.63) is 60.0 Å². The van der Waals surface area contributed by atoms with Crippen LogP contribution in [0.5, 0.6) is 0 Å². The molecule has 0 aliphatic carbocycles. The van der Waals surface area contributed by atoms with Gasteiger partial charge in [-0.3, -0.25) is 0 Å². The maximum absolute atomic E-state index is 14.2. The van der Waals surface area contributed by atoms with Crippen LogP contribution in [0.2, 0.25) is 0 Å². The van der Waals surface area contributed by atoms with E-state index in [1.54, 1.807) is 6.07 Å². The maximum Gasteiger partial charge on any atom is 0.127 e. The fraction of sp³-hybridized carbons (Fsp3) is 0.333. The summed E-state index contributed by atoms with van der Waals surface area (Å²) in [5, 5.41) is 4.56. The van der Waals surface area contributed by atoms with E-state index in [-0.39, 0.29) is 5.82 Å². The third-order valence-electron chi connectivity index (χ3n) is 5.05. The number of aromatic nitrogens is 1. The van der Waals surface area contributed by atoms with Crippen LogP contribution in [0, 0.1) is 5.82 Å². The first-order valence-electron chi connectivity index (χ1n) is 9.09. The number of likely N-dealkylation sites (tertiary alicyclic amines) is 1. The van der Waals surface area contributed by atoms with Crippen molar-refractivity contribution in [3.8, 4) is 11.1 Å². The molecule has 1 aliphatic rings. The molecule has 0 amide bonds. The second-order valence-electron chi connectivity index (χ2n) is 6.81. The van der Waals surface area contributed by atoms with Crippen molar-refractivity contribution in [1.82, 2.24) is 15.2 Å². The Kier molecular flexibility index (Phi) is 4.81. The molecule has 1 aromatic heterocycles. The minimum atomic E-state index is -0.139. The van der Waals surface area contributed by atoms with Crippen LogP contribution in [0.4, 0.5) is 4.39 Å². The minimum Gasteiger partial charge on any atom is -0.361 e. The number of aromatic amines is 1. The van der Waals surface area contributed by atoms with Crippen LogP contribution in [0.15, 0.2) is 48.7 Å². The number of nitrogens with one attached hydrogen (secondary N) is 2. The highest BCUT2D eigenvalue weighted by atomic mass is 19.1. The van der Waals surface area contributed by atoms with E-state index in [9.17, 15) is 4.39 Å². The van der Waals surface area contributed by atoms with Crippen molar-refractivity contribution < 1.29 is 4.39 Å². The summed E-state index contributed by atoms with van der Waals surface area (Å²) in [6.45, 7) is 4.92. The second kappa shape index (κ2) is 7.38. The maximum atomic E-state index is 14.2. The quantitative estimate of drug-likeness (QED) is 0.662. The van der Waals surface area contributed by atoms with Crippen LogP contribution in [0.3, 0.4) is 0 Å². The van der Waals surface area contributed by atoms with Gasteiger partial charge in [-0.15, -0.1) is 0 Å². The molecule has 1 aliphatic heterocycles. The fourth-order valence-electron chi connectivity index (χ4n) is 3.59. The van der Waals surface area contributed by atoms with Gasteiger partial charge in [0.1, 0.15) is 5.82 Å². The molecule has 0 bridgehead atoms. The fourth-order valence-corrected chi connectivity index (χ4v) is 3.59. The Hall–Kier alpha value is -2.17. The first kappa shape index (κ1) is 16.3. The van der Waals surface area contributed by atoms with Gasteiger partial charge < -0.3 is 15.2 Å². The molecule has 3 aromatic rings. The predicted molar refractivity (Wildman–Crippen MR) is 101 cm³/mol. The Bertz CT molecular complexity index is 849. The van der Waals surface area contributed by atoms with E-state index in [1.165, 1.54) is 31.3 Å². The highest BCUT2D eigenvalue weighted by Crippen LogP contribution is 2.25. The molecule has 0 spiro atoms. The van der Waals surface area contributed by atoms with E-state index in [0.29, 0.717) is 6.54 Å². The molecule has 1 fully saturated rings. The van der Waals surface area contributed by atoms with Gasteiger partial charge in [0.05, 0.1) is 0 Å². The zero-order valence-electron chi connectivity index (χ0n) is 14.4. The summed E-state index contributed by atoms with van der Waals surface area (Å²) in [7, 11) is 0. The number of nitrogens with zero attached hydrogens (tertiary/aromatic N) is 1. The van der Waals surface area contributed by atoms with Crippen LogP contribution >= 0.6 is 0 Å². The minimum absolute atomic E-state index is 0.139. The van der Waals surface area contributed by atoms with Gasteiger partial charge in [0.2, 0.25) is 0 Å². The molecule has 0 radical (unpaired) electrons. The lowest BCUT2D eigenvalue weighted by Crippen LogP contribution is -2.29. The molecule has 130 valence electrons. The standard InChI is InChI=1S/C21H24FN3/c22-20-5-3-16(17-4-6-21-18(13-17)7-8-24-21)14-19(20)15-23-9-12-25-10-1-2-11-25/h3-8,13-14,23-24H,1-2,9-12,15H2. The van der Waals surface area contributed by atoms with Crippen LogP contribution in [0.25, 0.3) is 22.0 Å². The monoisotopic (exact) mass is 337 g/mol. The van der Waals surface area contributed by atoms with Gasteiger partial charge in [0.25, 0.3) is 0 Å². The van der Waals surface area contributed by atoms with Crippen molar-refractivity contribution >= 4 is 10.9 Å². The topological polar surface area (TPSA) is 31.1 Å². The molecule has 4 rings (SSSR count). The predicted octanol–water partition coefficient (Wildman–Crippen LogP) is 4.16. The molecule has 0 unspecified atom stereocenters. The third kappa shape index (κ3) is 3.75. The molecule has 4 heteroatoms. The van der Waals surface area contributed by atoms with Crippen LogP contribution < -0.4 is 5.32 Å². The van der Waals surface area contributed by atoms with E-state index >= 15 is 0 Å². The first-order chi connectivity index (χ1) is 12.3. The normalized spacial score (nSPS) is 15.2. The Balaban J connectivity index is 1.44. The Morgan fingerprint density at radius 2 is 1.80 bits per heavy atom. The van der Waals surface area contributed by atoms with Gasteiger partial charge in [0, 0.05) is 36.9 Å². The highest BCUT2D eigenvalue weighted by molar-refractivity contribution is 5.85. The SMILES string of the molecule is Fc1ccc(-c2ccc3[nH]ccc3c2)cc1CNCCN1CCCC1. The Labute approximate surface area is 147 Å². The number of rotatable bonds is 6. The second-order valence-corrected chi connectivity index (χ2v) is 6.81. The molecule has 2 aromatic carbocycles. The van der Waals surface area contributed by atoms with E-state index < -0.39 is 0 Å². The largest absolute Gasteiger partial charge is 0.361 e. The summed E-state index contributed by atoms with van der Waals surface area (Å²) in [5.41, 5.74) is 4.02. The average molecular weight is 337 g/mol. The third-order valence-corrected chi connectivity index (χ3v) is 5.05. The number of halogens is 1. The number of hydrogen-bond acceptors (Lipinski definition) is 2. The van der Waals surface area contributed by atoms with E-state index in [4.69, 9.17) is 0 Å². The van der Waals surface area contributed by atoms with Crippen molar-refractivity contribution in [2.45, 2.75) is 19.4 Å². The van der Waals surface area contributed by atoms with E-state index in [2.05, 4.69) is 39.5 Å². The summed E-state index contributed by atoms with van der Waals surface area (Å²) >= 11 is 0. The van der Waals surface area contributed by atoms with Gasteiger partial charge >= 0.3 is 0 Å². The van der Waals surface area contributed by atoms with Gasteiger partial charge in [-0.1, -0.05) is 12.1 Å². The molecule has 0 atom stereocenters. The lowest BCUT2D eigenvalue weighted by molar-refractivity contribution is 0.335. The van der Waals surface area contributed by atoms with Crippen molar-refractivity contribution in [1.29, 1.82) is 0 Å². The van der Waals surface area contributed by atoms with Gasteiger partial charge in [-0.2, -0.15) is 0 Å². The lowest BCUT2D eigenvalue weighted by atomic mass is 10.0. The summed E-state index contributed by atoms with van der Waals surface area (Å²) < 4.78 is 14.2. The van der Waals surface area contributed by atoms with Gasteiger partial charge in [-0.25, -0.2) is 4.39 Å². The van der Waals surface area contributed by atoms with Gasteiger partial charge in [-0.05, 0) is 72.8 Å². The smallest absolute Gasteiger partial charge is 0.127 e. The lowest BCUT2D eigenvalue weighted by Gasteiger charge is -2.15. The molecular weight excluding hydrogens is 313 g/mol. The highest BCUT2D eigenvalue weighted by Gasteiger charge is 2.11. The number of H-pyrrole nitrogens is 1. The number of benzene rings is 2. The molecular formula is C21H24FN3. The van der Waals surface area contributed by atoms with E-state index in [1.807, 2.05) is 18.3 Å². The summed E-state index contributed by atoms with van der Waals surface area (Å²) in [5.74, 6) is -0.139. The van der Waals surface area contributed by atoms with Crippen molar-refractivity contribution in [3.63, 3.8) is 0 Å². The summed E-state index contributed by atoms with van der Waals surface area (Å²) in [6, 6.07) is 13.8. The summed E-state index contributed by atoms with van der Waals surface area (Å²) in [6.07, 6.45) is 4.55. The van der Waals surface area contributed by atoms with Crippen LogP contribution in [-0.4, -0.2) is 36.1 Å². The number of hydrogen-bond donors (Lipinski definition) is 2. The number of fused-ring (bicyclic) bond motifs is 1. The van der Waals surface area contributed by atoms with Crippen molar-refractivity contribution in [2.75, 3.05) is 26.2 Å². The molecule has 2 heterocycles. The van der Waals surface area contributed by atoms with E-state index in [0.717, 1.165) is 35.3 Å². The molecule has 0 saturated carbocycles. The summed E-state index contributed by atoms with van der Waals surface area (Å²) in [4.78, 5) is 5.67. The van der Waals surface area contributed by atoms with Gasteiger partial charge in [0.15, 0.2) is 0 Å².